The molecule has 1 aromatic carbocycles. The second-order valence-electron chi connectivity index (χ2n) is 4.91. The topological polar surface area (TPSA) is 37.8 Å². The molecule has 0 fully saturated rings. The Morgan fingerprint density at radius 3 is 2.50 bits per heavy atom. The minimum atomic E-state index is -0.584. The molecule has 0 amide bonds. The van der Waals surface area contributed by atoms with Crippen molar-refractivity contribution in [3.63, 3.8) is 0 Å². The number of benzene rings is 1. The van der Waals surface area contributed by atoms with Gasteiger partial charge in [0.2, 0.25) is 0 Å². The molecule has 0 atom stereocenters. The molecule has 2 rings (SSSR count). The lowest BCUT2D eigenvalue weighted by Gasteiger charge is -2.10. The van der Waals surface area contributed by atoms with Crippen LogP contribution in [0.15, 0.2) is 24.3 Å². The molecular weight excluding hydrogens is 260 g/mol. The minimum Gasteiger partial charge on any atom is -0.373 e. The highest BCUT2D eigenvalue weighted by atomic mass is 19.1. The van der Waals surface area contributed by atoms with E-state index < -0.39 is 11.6 Å². The average molecular weight is 277 g/mol. The molecule has 1 N–H and O–H groups in total. The lowest BCUT2D eigenvalue weighted by molar-refractivity contribution is 0.573. The third-order valence-electron chi connectivity index (χ3n) is 3.00. The molecule has 5 heteroatoms. The van der Waals surface area contributed by atoms with E-state index in [-0.39, 0.29) is 12.3 Å². The maximum absolute atomic E-state index is 13.7. The van der Waals surface area contributed by atoms with Crippen molar-refractivity contribution >= 4 is 5.82 Å². The standard InChI is InChI=1S/C15H17F2N3/c1-9(2)13-8-14(18-3)20-15(19-13)6-10-4-5-11(16)7-12(10)17/h4-5,7-9H,6H2,1-3H3,(H,18,19,20). The Balaban J connectivity index is 2.34. The third-order valence-corrected chi connectivity index (χ3v) is 3.00. The van der Waals surface area contributed by atoms with Gasteiger partial charge >= 0.3 is 0 Å². The van der Waals surface area contributed by atoms with E-state index in [1.54, 1.807) is 7.05 Å². The summed E-state index contributed by atoms with van der Waals surface area (Å²) in [5, 5.41) is 2.97. The van der Waals surface area contributed by atoms with Gasteiger partial charge in [0, 0.05) is 31.3 Å². The van der Waals surface area contributed by atoms with Crippen LogP contribution >= 0.6 is 0 Å². The van der Waals surface area contributed by atoms with Crippen molar-refractivity contribution in [1.29, 1.82) is 0 Å². The van der Waals surface area contributed by atoms with Crippen LogP contribution in [0, 0.1) is 11.6 Å². The summed E-state index contributed by atoms with van der Waals surface area (Å²) in [6, 6.07) is 5.41. The second-order valence-corrected chi connectivity index (χ2v) is 4.91. The molecule has 0 aliphatic carbocycles. The summed E-state index contributed by atoms with van der Waals surface area (Å²) in [6.45, 7) is 4.06. The van der Waals surface area contributed by atoms with Gasteiger partial charge in [0.05, 0.1) is 0 Å². The molecular formula is C15H17F2N3. The van der Waals surface area contributed by atoms with Crippen LogP contribution in [0.2, 0.25) is 0 Å². The smallest absolute Gasteiger partial charge is 0.135 e. The molecule has 0 spiro atoms. The largest absolute Gasteiger partial charge is 0.373 e. The molecule has 0 aliphatic heterocycles. The number of rotatable bonds is 4. The second kappa shape index (κ2) is 5.94. The van der Waals surface area contributed by atoms with Gasteiger partial charge in [-0.2, -0.15) is 0 Å². The highest BCUT2D eigenvalue weighted by Crippen LogP contribution is 2.18. The van der Waals surface area contributed by atoms with Gasteiger partial charge in [-0.25, -0.2) is 18.7 Å². The number of aromatic nitrogens is 2. The van der Waals surface area contributed by atoms with Gasteiger partial charge in [0.1, 0.15) is 23.3 Å². The van der Waals surface area contributed by atoms with Gasteiger partial charge in [-0.15, -0.1) is 0 Å². The summed E-state index contributed by atoms with van der Waals surface area (Å²) in [7, 11) is 1.77. The summed E-state index contributed by atoms with van der Waals surface area (Å²) < 4.78 is 26.6. The zero-order chi connectivity index (χ0) is 14.7. The van der Waals surface area contributed by atoms with Crippen molar-refractivity contribution in [1.82, 2.24) is 9.97 Å². The van der Waals surface area contributed by atoms with E-state index in [1.807, 2.05) is 19.9 Å². The number of nitrogens with zero attached hydrogens (tertiary/aromatic N) is 2. The number of halogens is 2. The van der Waals surface area contributed by atoms with Gasteiger partial charge < -0.3 is 5.32 Å². The Morgan fingerprint density at radius 2 is 1.90 bits per heavy atom. The number of nitrogens with one attached hydrogen (secondary N) is 1. The number of anilines is 1. The number of hydrogen-bond acceptors (Lipinski definition) is 3. The highest BCUT2D eigenvalue weighted by molar-refractivity contribution is 5.37. The summed E-state index contributed by atoms with van der Waals surface area (Å²) in [5.41, 5.74) is 1.27. The molecule has 0 bridgehead atoms. The molecule has 1 aromatic heterocycles. The number of hydrogen-bond donors (Lipinski definition) is 1. The normalized spacial score (nSPS) is 10.9. The van der Waals surface area contributed by atoms with Crippen LogP contribution in [-0.4, -0.2) is 17.0 Å². The van der Waals surface area contributed by atoms with Crippen molar-refractivity contribution in [2.24, 2.45) is 0 Å². The van der Waals surface area contributed by atoms with Gasteiger partial charge in [0.15, 0.2) is 0 Å². The zero-order valence-corrected chi connectivity index (χ0v) is 11.7. The Morgan fingerprint density at radius 1 is 1.15 bits per heavy atom. The van der Waals surface area contributed by atoms with E-state index in [0.717, 1.165) is 11.8 Å². The Hall–Kier alpha value is -2.04. The molecule has 1 heterocycles. The fourth-order valence-electron chi connectivity index (χ4n) is 1.86. The van der Waals surface area contributed by atoms with Crippen molar-refractivity contribution in [2.75, 3.05) is 12.4 Å². The average Bonchev–Trinajstić information content (AvgIpc) is 2.41. The lowest BCUT2D eigenvalue weighted by Crippen LogP contribution is -2.06. The maximum atomic E-state index is 13.7. The van der Waals surface area contributed by atoms with E-state index >= 15 is 0 Å². The Kier molecular flexibility index (Phi) is 4.27. The van der Waals surface area contributed by atoms with Crippen LogP contribution in [-0.2, 0) is 6.42 Å². The molecule has 2 aromatic rings. The molecule has 106 valence electrons. The van der Waals surface area contributed by atoms with E-state index in [1.165, 1.54) is 12.1 Å². The van der Waals surface area contributed by atoms with Crippen molar-refractivity contribution in [2.45, 2.75) is 26.2 Å². The molecule has 0 saturated carbocycles. The van der Waals surface area contributed by atoms with E-state index in [0.29, 0.717) is 17.2 Å². The summed E-state index contributed by atoms with van der Waals surface area (Å²) in [5.74, 6) is 0.308. The first-order valence-corrected chi connectivity index (χ1v) is 6.49. The molecule has 0 saturated heterocycles. The molecule has 0 aliphatic rings. The molecule has 0 unspecified atom stereocenters. The first kappa shape index (κ1) is 14.4. The van der Waals surface area contributed by atoms with E-state index in [9.17, 15) is 8.78 Å². The van der Waals surface area contributed by atoms with Crippen LogP contribution in [0.5, 0.6) is 0 Å². The highest BCUT2D eigenvalue weighted by Gasteiger charge is 2.10. The lowest BCUT2D eigenvalue weighted by atomic mass is 10.1. The predicted molar refractivity (Wildman–Crippen MR) is 74.8 cm³/mol. The quantitative estimate of drug-likeness (QED) is 0.929. The fourth-order valence-corrected chi connectivity index (χ4v) is 1.86. The first-order valence-electron chi connectivity index (χ1n) is 6.49. The monoisotopic (exact) mass is 277 g/mol. The van der Waals surface area contributed by atoms with Crippen molar-refractivity contribution in [3.05, 3.63) is 53.0 Å². The SMILES string of the molecule is CNc1cc(C(C)C)nc(Cc2ccc(F)cc2F)n1. The van der Waals surface area contributed by atoms with Gasteiger partial charge in [-0.1, -0.05) is 19.9 Å². The summed E-state index contributed by atoms with van der Waals surface area (Å²) >= 11 is 0. The molecule has 0 radical (unpaired) electrons. The molecule has 20 heavy (non-hydrogen) atoms. The van der Waals surface area contributed by atoms with Gasteiger partial charge in [-0.05, 0) is 17.5 Å². The van der Waals surface area contributed by atoms with Crippen molar-refractivity contribution < 1.29 is 8.78 Å². The van der Waals surface area contributed by atoms with Crippen LogP contribution in [0.1, 0.15) is 36.8 Å². The van der Waals surface area contributed by atoms with Crippen LogP contribution in [0.25, 0.3) is 0 Å². The fraction of sp³-hybridized carbons (Fsp3) is 0.333. The van der Waals surface area contributed by atoms with Gasteiger partial charge in [-0.3, -0.25) is 0 Å². The van der Waals surface area contributed by atoms with Crippen molar-refractivity contribution in [3.8, 4) is 0 Å². The van der Waals surface area contributed by atoms with E-state index in [2.05, 4.69) is 15.3 Å². The predicted octanol–water partition coefficient (Wildman–Crippen LogP) is 3.51. The van der Waals surface area contributed by atoms with Crippen LogP contribution in [0.4, 0.5) is 14.6 Å². The maximum Gasteiger partial charge on any atom is 0.135 e. The summed E-state index contributed by atoms with van der Waals surface area (Å²) in [4.78, 5) is 8.74. The Bertz CT molecular complexity index is 612. The summed E-state index contributed by atoms with van der Waals surface area (Å²) in [6.07, 6.45) is 0.237. The molecule has 3 nitrogen and oxygen atoms in total. The van der Waals surface area contributed by atoms with Crippen LogP contribution < -0.4 is 5.32 Å². The van der Waals surface area contributed by atoms with Gasteiger partial charge in [0.25, 0.3) is 0 Å². The van der Waals surface area contributed by atoms with Crippen LogP contribution in [0.3, 0.4) is 0 Å². The first-order chi connectivity index (χ1) is 9.49. The minimum absolute atomic E-state index is 0.237. The van der Waals surface area contributed by atoms with E-state index in [4.69, 9.17) is 0 Å². The third kappa shape index (κ3) is 3.29. The Labute approximate surface area is 117 Å². The zero-order valence-electron chi connectivity index (χ0n) is 11.7.